The molecule has 0 aliphatic carbocycles. The van der Waals surface area contributed by atoms with Gasteiger partial charge in [0, 0.05) is 27.9 Å². The van der Waals surface area contributed by atoms with E-state index in [1.165, 1.54) is 12.3 Å². The van der Waals surface area contributed by atoms with Crippen molar-refractivity contribution in [3.8, 4) is 28.8 Å². The Morgan fingerprint density at radius 1 is 1.05 bits per heavy atom. The smallest absolute Gasteiger partial charge is 0.262 e. The molecule has 0 saturated carbocycles. The van der Waals surface area contributed by atoms with Crippen LogP contribution in [-0.2, 0) is 17.9 Å². The lowest BCUT2D eigenvalue weighted by atomic mass is 10.1. The van der Waals surface area contributed by atoms with Crippen molar-refractivity contribution >= 4 is 23.6 Å². The summed E-state index contributed by atoms with van der Waals surface area (Å²) in [6.07, 6.45) is 4.86. The van der Waals surface area contributed by atoms with E-state index in [2.05, 4.69) is 5.32 Å². The van der Waals surface area contributed by atoms with Crippen LogP contribution in [0, 0.1) is 11.3 Å². The van der Waals surface area contributed by atoms with Gasteiger partial charge in [-0.25, -0.2) is 4.68 Å². The molecule has 0 aliphatic rings. The van der Waals surface area contributed by atoms with Gasteiger partial charge in [0.2, 0.25) is 0 Å². The molecule has 39 heavy (non-hydrogen) atoms. The van der Waals surface area contributed by atoms with Gasteiger partial charge in [0.15, 0.2) is 0 Å². The predicted molar refractivity (Wildman–Crippen MR) is 149 cm³/mol. The van der Waals surface area contributed by atoms with Crippen LogP contribution >= 0.6 is 11.6 Å². The zero-order chi connectivity index (χ0) is 27.0. The van der Waals surface area contributed by atoms with Gasteiger partial charge in [0.25, 0.3) is 5.91 Å². The lowest BCUT2D eigenvalue weighted by Crippen LogP contribution is -2.23. The molecule has 192 valence electrons. The molecule has 0 unspecified atom stereocenters. The van der Waals surface area contributed by atoms with E-state index in [-0.39, 0.29) is 12.1 Å². The summed E-state index contributed by atoms with van der Waals surface area (Å²) in [5.74, 6) is 0.712. The van der Waals surface area contributed by atoms with Gasteiger partial charge in [-0.15, -0.1) is 0 Å². The molecule has 0 aliphatic heterocycles. The molecule has 0 bridgehead atoms. The van der Waals surface area contributed by atoms with Gasteiger partial charge in [-0.2, -0.15) is 10.4 Å². The second kappa shape index (κ2) is 12.0. The fourth-order valence-electron chi connectivity index (χ4n) is 3.92. The average molecular weight is 535 g/mol. The van der Waals surface area contributed by atoms with Crippen LogP contribution in [0.25, 0.3) is 23.0 Å². The fraction of sp³-hybridized carbons (Fsp3) is 0.0645. The van der Waals surface area contributed by atoms with Crippen LogP contribution in [0.3, 0.4) is 0 Å². The van der Waals surface area contributed by atoms with Gasteiger partial charge in [-0.3, -0.25) is 4.79 Å². The van der Waals surface area contributed by atoms with E-state index < -0.39 is 5.91 Å². The molecule has 8 heteroatoms. The molecule has 2 heterocycles. The van der Waals surface area contributed by atoms with Gasteiger partial charge in [-0.1, -0.05) is 60.1 Å². The highest BCUT2D eigenvalue weighted by Crippen LogP contribution is 2.29. The van der Waals surface area contributed by atoms with Crippen LogP contribution in [0.15, 0.2) is 113 Å². The number of aromatic nitrogens is 2. The number of amides is 1. The van der Waals surface area contributed by atoms with Crippen molar-refractivity contribution in [3.63, 3.8) is 0 Å². The minimum atomic E-state index is -0.510. The van der Waals surface area contributed by atoms with Crippen molar-refractivity contribution in [2.24, 2.45) is 0 Å². The van der Waals surface area contributed by atoms with Crippen LogP contribution in [0.2, 0.25) is 5.02 Å². The molecule has 0 saturated heterocycles. The first-order valence-corrected chi connectivity index (χ1v) is 12.5. The highest BCUT2D eigenvalue weighted by atomic mass is 35.5. The predicted octanol–water partition coefficient (Wildman–Crippen LogP) is 6.59. The van der Waals surface area contributed by atoms with E-state index in [1.54, 1.807) is 23.0 Å². The van der Waals surface area contributed by atoms with Crippen LogP contribution in [0.4, 0.5) is 0 Å². The number of para-hydroxylation sites is 1. The van der Waals surface area contributed by atoms with Gasteiger partial charge < -0.3 is 14.5 Å². The number of halogens is 1. The van der Waals surface area contributed by atoms with Crippen molar-refractivity contribution in [1.82, 2.24) is 15.1 Å². The number of nitrogens with zero attached hydrogens (tertiary/aromatic N) is 3. The zero-order valence-electron chi connectivity index (χ0n) is 20.8. The third kappa shape index (κ3) is 6.27. The molecule has 0 radical (unpaired) electrons. The maximum atomic E-state index is 12.8. The molecule has 1 N–H and O–H groups in total. The minimum absolute atomic E-state index is 0.0541. The lowest BCUT2D eigenvalue weighted by molar-refractivity contribution is -0.117. The Hall–Kier alpha value is -5.06. The Morgan fingerprint density at radius 3 is 2.64 bits per heavy atom. The van der Waals surface area contributed by atoms with Gasteiger partial charge in [0.1, 0.15) is 35.5 Å². The van der Waals surface area contributed by atoms with E-state index in [0.29, 0.717) is 34.4 Å². The number of rotatable bonds is 9. The monoisotopic (exact) mass is 534 g/mol. The molecule has 7 nitrogen and oxygen atoms in total. The first-order valence-electron chi connectivity index (χ1n) is 12.1. The van der Waals surface area contributed by atoms with E-state index >= 15 is 0 Å². The summed E-state index contributed by atoms with van der Waals surface area (Å²) in [6.45, 7) is 0.481. The first-order chi connectivity index (χ1) is 19.1. The molecule has 0 atom stereocenters. The molecule has 0 spiro atoms. The topological polar surface area (TPSA) is 93.1 Å². The Morgan fingerprint density at radius 2 is 1.87 bits per heavy atom. The van der Waals surface area contributed by atoms with E-state index in [4.69, 9.17) is 25.9 Å². The van der Waals surface area contributed by atoms with Gasteiger partial charge >= 0.3 is 0 Å². The maximum Gasteiger partial charge on any atom is 0.262 e. The summed E-state index contributed by atoms with van der Waals surface area (Å²) in [5.41, 5.74) is 3.62. The third-order valence-corrected chi connectivity index (χ3v) is 6.26. The first kappa shape index (κ1) is 25.6. The summed E-state index contributed by atoms with van der Waals surface area (Å²) >= 11 is 6.28. The van der Waals surface area contributed by atoms with Crippen molar-refractivity contribution in [2.45, 2.75) is 13.2 Å². The number of hydrogen-bond acceptors (Lipinski definition) is 5. The van der Waals surface area contributed by atoms with Crippen molar-refractivity contribution in [2.75, 3.05) is 0 Å². The number of nitrogens with one attached hydrogen (secondary N) is 1. The molecular formula is C31H23ClN4O3. The average Bonchev–Trinajstić information content (AvgIpc) is 3.65. The number of carbonyl (C=O) groups is 1. The standard InChI is InChI=1S/C31H23ClN4O3/c32-29-14-5-4-8-23(29)21-39-27-12-6-9-22(17-27)30-25(20-36(35-30)26-10-2-1-3-11-26)16-24(18-33)31(37)34-19-28-13-7-15-38-28/h1-17,20H,19,21H2,(H,34,37)/b24-16-. The lowest BCUT2D eigenvalue weighted by Gasteiger charge is -2.09. The number of nitriles is 1. The summed E-state index contributed by atoms with van der Waals surface area (Å²) in [6, 6.07) is 30.1. The normalized spacial score (nSPS) is 11.1. The van der Waals surface area contributed by atoms with E-state index in [9.17, 15) is 10.1 Å². The summed E-state index contributed by atoms with van der Waals surface area (Å²) in [7, 11) is 0. The van der Waals surface area contributed by atoms with Crippen molar-refractivity contribution in [3.05, 3.63) is 131 Å². The number of ether oxygens (including phenoxy) is 1. The Balaban J connectivity index is 1.46. The van der Waals surface area contributed by atoms with Gasteiger partial charge in [-0.05, 0) is 48.5 Å². The SMILES string of the molecule is N#C/C(=C/c1cn(-c2ccccc2)nc1-c1cccc(OCc2ccccc2Cl)c1)C(=O)NCc1ccco1. The molecule has 1 amide bonds. The molecule has 5 rings (SSSR count). The zero-order valence-corrected chi connectivity index (χ0v) is 21.5. The number of hydrogen-bond donors (Lipinski definition) is 1. The molecule has 3 aromatic carbocycles. The maximum absolute atomic E-state index is 12.8. The van der Waals surface area contributed by atoms with E-state index in [1.807, 2.05) is 84.9 Å². The summed E-state index contributed by atoms with van der Waals surface area (Å²) < 4.78 is 13.0. The minimum Gasteiger partial charge on any atom is -0.489 e. The Bertz CT molecular complexity index is 1650. The number of furan rings is 1. The Labute approximate surface area is 230 Å². The Kier molecular flexibility index (Phi) is 7.87. The van der Waals surface area contributed by atoms with Crippen LogP contribution in [0.5, 0.6) is 5.75 Å². The van der Waals surface area contributed by atoms with Crippen LogP contribution in [0.1, 0.15) is 16.9 Å². The van der Waals surface area contributed by atoms with E-state index in [0.717, 1.165) is 16.8 Å². The second-order valence-corrected chi connectivity index (χ2v) is 8.96. The molecule has 5 aromatic rings. The summed E-state index contributed by atoms with van der Waals surface area (Å²) in [5, 5.41) is 17.9. The molecule has 0 fully saturated rings. The molecular weight excluding hydrogens is 512 g/mol. The molecule has 2 aromatic heterocycles. The third-order valence-electron chi connectivity index (χ3n) is 5.89. The van der Waals surface area contributed by atoms with Gasteiger partial charge in [0.05, 0.1) is 18.5 Å². The van der Waals surface area contributed by atoms with Crippen LogP contribution < -0.4 is 10.1 Å². The second-order valence-electron chi connectivity index (χ2n) is 8.55. The quantitative estimate of drug-likeness (QED) is 0.170. The van der Waals surface area contributed by atoms with Crippen molar-refractivity contribution in [1.29, 1.82) is 5.26 Å². The number of carbonyl (C=O) groups excluding carboxylic acids is 1. The van der Waals surface area contributed by atoms with Crippen LogP contribution in [-0.4, -0.2) is 15.7 Å². The summed E-state index contributed by atoms with van der Waals surface area (Å²) in [4.78, 5) is 12.8. The highest BCUT2D eigenvalue weighted by molar-refractivity contribution is 6.31. The fourth-order valence-corrected chi connectivity index (χ4v) is 4.11. The highest BCUT2D eigenvalue weighted by Gasteiger charge is 2.16. The van der Waals surface area contributed by atoms with Crippen molar-refractivity contribution < 1.29 is 13.9 Å². The number of benzene rings is 3. The largest absolute Gasteiger partial charge is 0.489 e.